The van der Waals surface area contributed by atoms with Gasteiger partial charge in [0.2, 0.25) is 0 Å². The zero-order chi connectivity index (χ0) is 25.5. The molecule has 0 spiro atoms. The Hall–Kier alpha value is -3.84. The number of H-pyrrole nitrogens is 1. The van der Waals surface area contributed by atoms with E-state index < -0.39 is 17.7 Å². The summed E-state index contributed by atoms with van der Waals surface area (Å²) in [5.74, 6) is 0.791. The normalized spacial score (nSPS) is 12.3. The second-order valence-electron chi connectivity index (χ2n) is 9.72. The van der Waals surface area contributed by atoms with Crippen LogP contribution in [0.2, 0.25) is 0 Å². The van der Waals surface area contributed by atoms with Crippen molar-refractivity contribution >= 4 is 17.0 Å². The summed E-state index contributed by atoms with van der Waals surface area (Å²) in [7, 11) is 0. The smallest absolute Gasteiger partial charge is 0.410 e. The highest BCUT2D eigenvalue weighted by Gasteiger charge is 2.28. The molecule has 0 radical (unpaired) electrons. The molecule has 36 heavy (non-hydrogen) atoms. The van der Waals surface area contributed by atoms with Gasteiger partial charge in [-0.25, -0.2) is 4.79 Å². The molecule has 1 amide bonds. The Bertz CT molecular complexity index is 1270. The summed E-state index contributed by atoms with van der Waals surface area (Å²) in [6, 6.07) is 19.5. The first-order valence-electron chi connectivity index (χ1n) is 12.1. The van der Waals surface area contributed by atoms with Gasteiger partial charge in [0.15, 0.2) is 0 Å². The van der Waals surface area contributed by atoms with Crippen molar-refractivity contribution < 1.29 is 19.4 Å². The highest BCUT2D eigenvalue weighted by atomic mass is 16.6. The molecule has 0 unspecified atom stereocenters. The van der Waals surface area contributed by atoms with Gasteiger partial charge in [0, 0.05) is 41.6 Å². The number of ether oxygens (including phenoxy) is 2. The lowest BCUT2D eigenvalue weighted by Crippen LogP contribution is -2.47. The highest BCUT2D eigenvalue weighted by Crippen LogP contribution is 2.29. The molecule has 0 saturated heterocycles. The molecule has 188 valence electrons. The van der Waals surface area contributed by atoms with Crippen molar-refractivity contribution in [2.24, 2.45) is 0 Å². The first-order chi connectivity index (χ1) is 17.3. The Kier molecular flexibility index (Phi) is 7.90. The summed E-state index contributed by atoms with van der Waals surface area (Å²) in [4.78, 5) is 22.0. The van der Waals surface area contributed by atoms with Gasteiger partial charge in [-0.3, -0.25) is 4.98 Å². The molecule has 4 aromatic rings. The summed E-state index contributed by atoms with van der Waals surface area (Å²) in [5.41, 5.74) is 3.29. The third kappa shape index (κ3) is 6.23. The van der Waals surface area contributed by atoms with Gasteiger partial charge in [-0.05, 0) is 50.5 Å². The lowest BCUT2D eigenvalue weighted by atomic mass is 10.0. The number of hydrogen-bond donors (Lipinski definition) is 2. The van der Waals surface area contributed by atoms with Crippen LogP contribution in [-0.2, 0) is 17.8 Å². The molecule has 0 aliphatic carbocycles. The van der Waals surface area contributed by atoms with Crippen LogP contribution in [0.4, 0.5) is 4.79 Å². The first kappa shape index (κ1) is 25.3. The standard InChI is InChI=1S/C29H33N3O4/c1-29(2,3)32(28(34)36-20-25(33)23-11-8-15-30-17-23)16-14-22-18-31-27-24(22)12-7-13-26(27)35-19-21-9-5-4-6-10-21/h4-13,15,17-18,25,31,33H,14,16,19-20H2,1-3H3/t25-/m0/s1. The lowest BCUT2D eigenvalue weighted by Gasteiger charge is -2.35. The van der Waals surface area contributed by atoms with Gasteiger partial charge in [-0.2, -0.15) is 0 Å². The molecule has 0 saturated carbocycles. The SMILES string of the molecule is CC(C)(C)N(CCc1c[nH]c2c(OCc3ccccc3)cccc12)C(=O)OC[C@H](O)c1cccnc1. The Morgan fingerprint density at radius 3 is 2.61 bits per heavy atom. The quantitative estimate of drug-likeness (QED) is 0.318. The van der Waals surface area contributed by atoms with Crippen molar-refractivity contribution in [3.05, 3.63) is 95.9 Å². The largest absolute Gasteiger partial charge is 0.487 e. The summed E-state index contributed by atoms with van der Waals surface area (Å²) in [5, 5.41) is 11.4. The lowest BCUT2D eigenvalue weighted by molar-refractivity contribution is 0.0297. The third-order valence-corrected chi connectivity index (χ3v) is 6.07. The number of rotatable bonds is 9. The summed E-state index contributed by atoms with van der Waals surface area (Å²) in [6.07, 6.45) is 4.42. The molecule has 4 rings (SSSR count). The maximum Gasteiger partial charge on any atom is 0.410 e. The van der Waals surface area contributed by atoms with Gasteiger partial charge in [0.05, 0.1) is 5.52 Å². The molecular weight excluding hydrogens is 454 g/mol. The number of aromatic amines is 1. The number of benzene rings is 2. The van der Waals surface area contributed by atoms with Crippen LogP contribution in [0.1, 0.15) is 43.6 Å². The maximum atomic E-state index is 13.0. The molecule has 1 atom stereocenters. The molecule has 7 nitrogen and oxygen atoms in total. The van der Waals surface area contributed by atoms with Crippen LogP contribution in [0.3, 0.4) is 0 Å². The Morgan fingerprint density at radius 1 is 1.08 bits per heavy atom. The average Bonchev–Trinajstić information content (AvgIpc) is 3.30. The molecule has 7 heteroatoms. The number of nitrogens with one attached hydrogen (secondary N) is 1. The predicted octanol–water partition coefficient (Wildman–Crippen LogP) is 5.66. The number of hydrogen-bond acceptors (Lipinski definition) is 5. The molecule has 0 fully saturated rings. The molecule has 2 aromatic carbocycles. The van der Waals surface area contributed by atoms with Crippen LogP contribution in [0.15, 0.2) is 79.3 Å². The molecule has 0 bridgehead atoms. The number of carbonyl (C=O) groups excluding carboxylic acids is 1. The van der Waals surface area contributed by atoms with Crippen molar-refractivity contribution in [2.45, 2.75) is 45.4 Å². The Labute approximate surface area is 211 Å². The zero-order valence-electron chi connectivity index (χ0n) is 21.0. The number of para-hydroxylation sites is 1. The number of aromatic nitrogens is 2. The average molecular weight is 488 g/mol. The van der Waals surface area contributed by atoms with Crippen molar-refractivity contribution in [3.8, 4) is 5.75 Å². The molecule has 2 heterocycles. The van der Waals surface area contributed by atoms with Crippen molar-refractivity contribution in [2.75, 3.05) is 13.2 Å². The summed E-state index contributed by atoms with van der Waals surface area (Å²) in [6.45, 7) is 6.73. The van der Waals surface area contributed by atoms with Gasteiger partial charge < -0.3 is 24.5 Å². The molecule has 0 aliphatic heterocycles. The van der Waals surface area contributed by atoms with Crippen LogP contribution in [-0.4, -0.2) is 44.8 Å². The Morgan fingerprint density at radius 2 is 1.89 bits per heavy atom. The van der Waals surface area contributed by atoms with Gasteiger partial charge in [-0.15, -0.1) is 0 Å². The van der Waals surface area contributed by atoms with Crippen LogP contribution < -0.4 is 4.74 Å². The fraction of sp³-hybridized carbons (Fsp3) is 0.310. The maximum absolute atomic E-state index is 13.0. The monoisotopic (exact) mass is 487 g/mol. The van der Waals surface area contributed by atoms with Gasteiger partial charge in [-0.1, -0.05) is 48.5 Å². The summed E-state index contributed by atoms with van der Waals surface area (Å²) < 4.78 is 11.6. The highest BCUT2D eigenvalue weighted by molar-refractivity contribution is 5.88. The molecule has 2 aromatic heterocycles. The van der Waals surface area contributed by atoms with Crippen molar-refractivity contribution in [3.63, 3.8) is 0 Å². The molecule has 2 N–H and O–H groups in total. The van der Waals surface area contributed by atoms with E-state index in [1.165, 1.54) is 0 Å². The number of pyridine rings is 1. The van der Waals surface area contributed by atoms with E-state index in [1.54, 1.807) is 29.4 Å². The van der Waals surface area contributed by atoms with Gasteiger partial charge >= 0.3 is 6.09 Å². The van der Waals surface area contributed by atoms with E-state index in [1.807, 2.05) is 69.4 Å². The van der Waals surface area contributed by atoms with E-state index in [2.05, 4.69) is 16.0 Å². The number of nitrogens with zero attached hydrogens (tertiary/aromatic N) is 2. The second kappa shape index (κ2) is 11.3. The van der Waals surface area contributed by atoms with E-state index >= 15 is 0 Å². The van der Waals surface area contributed by atoms with Crippen LogP contribution in [0.5, 0.6) is 5.75 Å². The minimum atomic E-state index is -0.924. The van der Waals surface area contributed by atoms with Gasteiger partial charge in [0.25, 0.3) is 0 Å². The number of amides is 1. The van der Waals surface area contributed by atoms with E-state index in [0.29, 0.717) is 25.1 Å². The fourth-order valence-electron chi connectivity index (χ4n) is 4.08. The molecular formula is C29H33N3O4. The van der Waals surface area contributed by atoms with Crippen LogP contribution in [0, 0.1) is 0 Å². The fourth-order valence-corrected chi connectivity index (χ4v) is 4.08. The second-order valence-corrected chi connectivity index (χ2v) is 9.72. The van der Waals surface area contributed by atoms with Crippen LogP contribution in [0.25, 0.3) is 10.9 Å². The van der Waals surface area contributed by atoms with Crippen LogP contribution >= 0.6 is 0 Å². The molecule has 0 aliphatic rings. The van der Waals surface area contributed by atoms with Crippen molar-refractivity contribution in [1.82, 2.24) is 14.9 Å². The number of fused-ring (bicyclic) bond motifs is 1. The Balaban J connectivity index is 1.41. The first-order valence-corrected chi connectivity index (χ1v) is 12.1. The zero-order valence-corrected chi connectivity index (χ0v) is 21.0. The van der Waals surface area contributed by atoms with E-state index in [0.717, 1.165) is 27.8 Å². The van der Waals surface area contributed by atoms with E-state index in [-0.39, 0.29) is 6.61 Å². The predicted molar refractivity (Wildman–Crippen MR) is 140 cm³/mol. The number of carbonyl (C=O) groups is 1. The van der Waals surface area contributed by atoms with Crippen molar-refractivity contribution in [1.29, 1.82) is 0 Å². The number of aliphatic hydroxyl groups excluding tert-OH is 1. The minimum Gasteiger partial charge on any atom is -0.487 e. The summed E-state index contributed by atoms with van der Waals surface area (Å²) >= 11 is 0. The van der Waals surface area contributed by atoms with E-state index in [9.17, 15) is 9.90 Å². The third-order valence-electron chi connectivity index (χ3n) is 6.07. The minimum absolute atomic E-state index is 0.133. The number of aliphatic hydroxyl groups is 1. The van der Waals surface area contributed by atoms with E-state index in [4.69, 9.17) is 9.47 Å². The topological polar surface area (TPSA) is 87.7 Å². The van der Waals surface area contributed by atoms with Gasteiger partial charge in [0.1, 0.15) is 25.1 Å².